The SMILES string of the molecule is CC1CCC(=Nc2cc(CNC(C)(C)CC(C)(C)C)nc(NC3CCC(O)CC3)n2)Sc2cc(Br)ccc21. The van der Waals surface area contributed by atoms with E-state index in [1.807, 2.05) is 6.07 Å². The standard InChI is InChI=1S/C30H44BrN5OS/c1-19-7-14-27(38-25-15-20(31)8-13-24(19)25)35-26-16-22(17-32-30(5,6)18-29(2,3)4)34-28(36-26)33-21-9-11-23(37)12-10-21/h8,13,15-16,19,21,23,32,37H,7,9-12,14,17-18H2,1-6H3,(H,33,34,36). The summed E-state index contributed by atoms with van der Waals surface area (Å²) in [5.74, 6) is 1.83. The first-order chi connectivity index (χ1) is 17.8. The number of hydrogen-bond donors (Lipinski definition) is 3. The molecule has 1 aromatic carbocycles. The summed E-state index contributed by atoms with van der Waals surface area (Å²) in [7, 11) is 0. The predicted octanol–water partition coefficient (Wildman–Crippen LogP) is 7.98. The topological polar surface area (TPSA) is 82.4 Å². The number of aromatic nitrogens is 2. The van der Waals surface area contributed by atoms with Crippen LogP contribution in [0.1, 0.15) is 104 Å². The molecule has 0 saturated heterocycles. The zero-order valence-electron chi connectivity index (χ0n) is 23.8. The summed E-state index contributed by atoms with van der Waals surface area (Å²) in [6.45, 7) is 14.3. The number of fused-ring (bicyclic) bond motifs is 1. The highest BCUT2D eigenvalue weighted by Crippen LogP contribution is 2.39. The first-order valence-corrected chi connectivity index (χ1v) is 15.6. The van der Waals surface area contributed by atoms with Gasteiger partial charge in [0.15, 0.2) is 5.82 Å². The number of aliphatic hydroxyl groups is 1. The van der Waals surface area contributed by atoms with Crippen LogP contribution in [0, 0.1) is 5.41 Å². The molecule has 0 spiro atoms. The van der Waals surface area contributed by atoms with E-state index in [0.29, 0.717) is 24.2 Å². The van der Waals surface area contributed by atoms with Crippen LogP contribution >= 0.6 is 27.7 Å². The molecule has 1 aliphatic heterocycles. The number of aliphatic hydroxyl groups excluding tert-OH is 1. The number of nitrogens with one attached hydrogen (secondary N) is 2. The third-order valence-electron chi connectivity index (χ3n) is 7.28. The highest BCUT2D eigenvalue weighted by Gasteiger charge is 2.26. The van der Waals surface area contributed by atoms with Gasteiger partial charge in [0.2, 0.25) is 5.95 Å². The van der Waals surface area contributed by atoms with E-state index < -0.39 is 0 Å². The molecule has 2 aromatic rings. The van der Waals surface area contributed by atoms with Crippen LogP contribution in [0.5, 0.6) is 0 Å². The lowest BCUT2D eigenvalue weighted by molar-refractivity contribution is 0.126. The maximum atomic E-state index is 9.93. The molecule has 38 heavy (non-hydrogen) atoms. The van der Waals surface area contributed by atoms with E-state index in [0.717, 1.165) is 60.2 Å². The summed E-state index contributed by atoms with van der Waals surface area (Å²) >= 11 is 5.40. The van der Waals surface area contributed by atoms with Crippen molar-refractivity contribution in [1.82, 2.24) is 15.3 Å². The molecule has 1 unspecified atom stereocenters. The second-order valence-corrected chi connectivity index (χ2v) is 14.9. The van der Waals surface area contributed by atoms with Crippen molar-refractivity contribution in [3.63, 3.8) is 0 Å². The normalized spacial score (nSPS) is 23.7. The molecule has 1 aromatic heterocycles. The third-order valence-corrected chi connectivity index (χ3v) is 8.88. The van der Waals surface area contributed by atoms with E-state index in [4.69, 9.17) is 15.0 Å². The number of aliphatic imine (C=N–C) groups is 1. The number of rotatable bonds is 7. The van der Waals surface area contributed by atoms with Crippen molar-refractivity contribution in [2.75, 3.05) is 5.32 Å². The molecule has 2 heterocycles. The Bertz CT molecular complexity index is 1140. The lowest BCUT2D eigenvalue weighted by Gasteiger charge is -2.33. The first-order valence-electron chi connectivity index (χ1n) is 14.0. The van der Waals surface area contributed by atoms with Crippen molar-refractivity contribution in [3.05, 3.63) is 40.0 Å². The second-order valence-electron chi connectivity index (χ2n) is 12.9. The molecule has 1 atom stereocenters. The van der Waals surface area contributed by atoms with Crippen LogP contribution in [0.3, 0.4) is 0 Å². The van der Waals surface area contributed by atoms with Crippen molar-refractivity contribution in [3.8, 4) is 0 Å². The fraction of sp³-hybridized carbons (Fsp3) is 0.633. The van der Waals surface area contributed by atoms with Crippen LogP contribution in [-0.2, 0) is 6.54 Å². The van der Waals surface area contributed by atoms with Crippen LogP contribution < -0.4 is 10.6 Å². The number of thioether (sulfide) groups is 1. The van der Waals surface area contributed by atoms with Gasteiger partial charge in [0.1, 0.15) is 0 Å². The largest absolute Gasteiger partial charge is 0.393 e. The Morgan fingerprint density at radius 2 is 1.79 bits per heavy atom. The average Bonchev–Trinajstić information content (AvgIpc) is 2.96. The van der Waals surface area contributed by atoms with Crippen molar-refractivity contribution >= 4 is 44.5 Å². The van der Waals surface area contributed by atoms with Crippen LogP contribution in [0.15, 0.2) is 38.6 Å². The molecule has 208 valence electrons. The molecular formula is C30H44BrN5OS. The molecule has 1 fully saturated rings. The molecule has 1 saturated carbocycles. The Morgan fingerprint density at radius 1 is 1.05 bits per heavy atom. The molecule has 0 amide bonds. The number of benzene rings is 1. The van der Waals surface area contributed by atoms with E-state index >= 15 is 0 Å². The summed E-state index contributed by atoms with van der Waals surface area (Å²) < 4.78 is 1.09. The van der Waals surface area contributed by atoms with Crippen molar-refractivity contribution in [2.45, 2.75) is 122 Å². The van der Waals surface area contributed by atoms with E-state index in [9.17, 15) is 5.11 Å². The van der Waals surface area contributed by atoms with Gasteiger partial charge in [0, 0.05) is 33.6 Å². The number of nitrogens with zero attached hydrogens (tertiary/aromatic N) is 3. The maximum Gasteiger partial charge on any atom is 0.225 e. The highest BCUT2D eigenvalue weighted by atomic mass is 79.9. The molecule has 2 aliphatic rings. The van der Waals surface area contributed by atoms with Crippen LogP contribution in [0.25, 0.3) is 0 Å². The summed E-state index contributed by atoms with van der Waals surface area (Å²) in [6.07, 6.45) is 6.35. The fourth-order valence-electron chi connectivity index (χ4n) is 5.70. The van der Waals surface area contributed by atoms with Gasteiger partial charge in [0.05, 0.1) is 16.8 Å². The molecule has 0 bridgehead atoms. The molecule has 1 aliphatic carbocycles. The van der Waals surface area contributed by atoms with Gasteiger partial charge in [0.25, 0.3) is 0 Å². The monoisotopic (exact) mass is 601 g/mol. The quantitative estimate of drug-likeness (QED) is 0.298. The van der Waals surface area contributed by atoms with Gasteiger partial charge in [-0.25, -0.2) is 9.98 Å². The summed E-state index contributed by atoms with van der Waals surface area (Å²) in [5.41, 5.74) is 2.54. The average molecular weight is 603 g/mol. The van der Waals surface area contributed by atoms with Gasteiger partial charge in [-0.3, -0.25) is 0 Å². The lowest BCUT2D eigenvalue weighted by Crippen LogP contribution is -2.42. The second kappa shape index (κ2) is 12.4. The number of halogens is 1. The Balaban J connectivity index is 1.59. The van der Waals surface area contributed by atoms with E-state index in [1.165, 1.54) is 10.5 Å². The van der Waals surface area contributed by atoms with Gasteiger partial charge in [-0.1, -0.05) is 61.5 Å². The molecule has 4 rings (SSSR count). The Morgan fingerprint density at radius 3 is 2.50 bits per heavy atom. The van der Waals surface area contributed by atoms with Crippen molar-refractivity contribution in [2.24, 2.45) is 10.4 Å². The van der Waals surface area contributed by atoms with E-state index in [-0.39, 0.29) is 23.1 Å². The Kier molecular flexibility index (Phi) is 9.60. The maximum absolute atomic E-state index is 9.93. The molecular weight excluding hydrogens is 558 g/mol. The first kappa shape index (κ1) is 29.5. The zero-order valence-corrected chi connectivity index (χ0v) is 26.2. The summed E-state index contributed by atoms with van der Waals surface area (Å²) in [5, 5.41) is 18.3. The zero-order chi connectivity index (χ0) is 27.5. The molecule has 0 radical (unpaired) electrons. The van der Waals surface area contributed by atoms with Gasteiger partial charge in [-0.15, -0.1) is 0 Å². The predicted molar refractivity (Wildman–Crippen MR) is 164 cm³/mol. The van der Waals surface area contributed by atoms with Crippen molar-refractivity contribution < 1.29 is 5.11 Å². The van der Waals surface area contributed by atoms with Crippen molar-refractivity contribution in [1.29, 1.82) is 0 Å². The molecule has 6 nitrogen and oxygen atoms in total. The highest BCUT2D eigenvalue weighted by molar-refractivity contribution is 9.10. The Labute approximate surface area is 241 Å². The molecule has 3 N–H and O–H groups in total. The van der Waals surface area contributed by atoms with Gasteiger partial charge in [-0.05, 0) is 87.8 Å². The lowest BCUT2D eigenvalue weighted by atomic mass is 9.82. The smallest absolute Gasteiger partial charge is 0.225 e. The van der Waals surface area contributed by atoms with Crippen LogP contribution in [0.2, 0.25) is 0 Å². The molecule has 8 heteroatoms. The van der Waals surface area contributed by atoms with Crippen LogP contribution in [-0.4, -0.2) is 37.8 Å². The van der Waals surface area contributed by atoms with Crippen LogP contribution in [0.4, 0.5) is 11.8 Å². The van der Waals surface area contributed by atoms with Gasteiger partial charge >= 0.3 is 0 Å². The summed E-state index contributed by atoms with van der Waals surface area (Å²) in [4.78, 5) is 16.1. The number of hydrogen-bond acceptors (Lipinski definition) is 7. The summed E-state index contributed by atoms with van der Waals surface area (Å²) in [6, 6.07) is 8.87. The Hall–Kier alpha value is -1.48. The van der Waals surface area contributed by atoms with E-state index in [1.54, 1.807) is 11.8 Å². The minimum atomic E-state index is -0.186. The van der Waals surface area contributed by atoms with Gasteiger partial charge < -0.3 is 15.7 Å². The number of anilines is 1. The minimum absolute atomic E-state index is 0.0211. The third kappa shape index (κ3) is 8.77. The van der Waals surface area contributed by atoms with E-state index in [2.05, 4.69) is 86.3 Å². The fourth-order valence-corrected chi connectivity index (χ4v) is 7.40. The van der Waals surface area contributed by atoms with Gasteiger partial charge in [-0.2, -0.15) is 4.98 Å². The minimum Gasteiger partial charge on any atom is -0.393 e.